The van der Waals surface area contributed by atoms with Gasteiger partial charge in [-0.1, -0.05) is 28.1 Å². The molecule has 0 saturated heterocycles. The first-order chi connectivity index (χ1) is 11.1. The Morgan fingerprint density at radius 2 is 1.74 bits per heavy atom. The highest BCUT2D eigenvalue weighted by Crippen LogP contribution is 2.22. The molecule has 1 amide bonds. The summed E-state index contributed by atoms with van der Waals surface area (Å²) < 4.78 is 19.3. The molecule has 116 valence electrons. The predicted molar refractivity (Wildman–Crippen MR) is 89.8 cm³/mol. The van der Waals surface area contributed by atoms with Crippen molar-refractivity contribution in [2.24, 2.45) is 0 Å². The van der Waals surface area contributed by atoms with Crippen molar-refractivity contribution in [1.29, 1.82) is 0 Å². The highest BCUT2D eigenvalue weighted by atomic mass is 79.9. The summed E-state index contributed by atoms with van der Waals surface area (Å²) in [6.45, 7) is 0.360. The van der Waals surface area contributed by atoms with Gasteiger partial charge in [0.25, 0.3) is 5.91 Å². The number of hydrogen-bond donors (Lipinski definition) is 0. The van der Waals surface area contributed by atoms with Crippen LogP contribution in [0, 0.1) is 5.82 Å². The van der Waals surface area contributed by atoms with E-state index in [1.165, 1.54) is 18.4 Å². The Morgan fingerprint density at radius 3 is 2.35 bits per heavy atom. The average Bonchev–Trinajstić information content (AvgIpc) is 3.09. The normalized spacial score (nSPS) is 10.5. The summed E-state index contributed by atoms with van der Waals surface area (Å²) in [5, 5.41) is 0. The second-order valence-corrected chi connectivity index (χ2v) is 5.89. The molecule has 3 nitrogen and oxygen atoms in total. The number of benzene rings is 2. The van der Waals surface area contributed by atoms with E-state index in [-0.39, 0.29) is 17.5 Å². The first-order valence-electron chi connectivity index (χ1n) is 6.99. The van der Waals surface area contributed by atoms with Gasteiger partial charge < -0.3 is 9.32 Å². The standard InChI is InChI=1S/C18H13BrFNO2/c19-14-5-3-13(4-6-14)12-21(16-9-7-15(20)8-10-16)18(22)17-2-1-11-23-17/h1-11H,12H2. The van der Waals surface area contributed by atoms with Crippen LogP contribution in [0.25, 0.3) is 0 Å². The van der Waals surface area contributed by atoms with Crippen molar-refractivity contribution in [1.82, 2.24) is 0 Å². The maximum atomic E-state index is 13.2. The Bertz CT molecular complexity index is 783. The molecular formula is C18H13BrFNO2. The molecule has 0 saturated carbocycles. The third kappa shape index (κ3) is 3.68. The number of furan rings is 1. The number of halogens is 2. The summed E-state index contributed by atoms with van der Waals surface area (Å²) in [5.74, 6) is -0.376. The van der Waals surface area contributed by atoms with Gasteiger partial charge in [0, 0.05) is 10.2 Å². The lowest BCUT2D eigenvalue weighted by Crippen LogP contribution is -2.30. The molecule has 2 aromatic carbocycles. The van der Waals surface area contributed by atoms with Crippen LogP contribution in [0.2, 0.25) is 0 Å². The van der Waals surface area contributed by atoms with Crippen LogP contribution in [-0.2, 0) is 6.54 Å². The van der Waals surface area contributed by atoms with Crippen molar-refractivity contribution in [2.45, 2.75) is 6.54 Å². The lowest BCUT2D eigenvalue weighted by molar-refractivity contribution is 0.0958. The maximum absolute atomic E-state index is 13.2. The fourth-order valence-electron chi connectivity index (χ4n) is 2.21. The second kappa shape index (κ2) is 6.79. The minimum Gasteiger partial charge on any atom is -0.459 e. The fraction of sp³-hybridized carbons (Fsp3) is 0.0556. The molecule has 3 rings (SSSR count). The van der Waals surface area contributed by atoms with Crippen LogP contribution in [0.15, 0.2) is 75.8 Å². The SMILES string of the molecule is O=C(c1ccco1)N(Cc1ccc(Br)cc1)c1ccc(F)cc1. The summed E-state index contributed by atoms with van der Waals surface area (Å²) in [7, 11) is 0. The first kappa shape index (κ1) is 15.5. The van der Waals surface area contributed by atoms with Crippen molar-refractivity contribution in [2.75, 3.05) is 4.90 Å². The minimum atomic E-state index is -0.345. The quantitative estimate of drug-likeness (QED) is 0.642. The van der Waals surface area contributed by atoms with Gasteiger partial charge in [-0.25, -0.2) is 4.39 Å². The van der Waals surface area contributed by atoms with E-state index in [1.54, 1.807) is 29.2 Å². The van der Waals surface area contributed by atoms with Gasteiger partial charge in [0.2, 0.25) is 0 Å². The number of amides is 1. The summed E-state index contributed by atoms with van der Waals surface area (Å²) in [4.78, 5) is 14.2. The molecule has 0 unspecified atom stereocenters. The number of carbonyl (C=O) groups is 1. The van der Waals surface area contributed by atoms with Gasteiger partial charge >= 0.3 is 0 Å². The fourth-order valence-corrected chi connectivity index (χ4v) is 2.47. The van der Waals surface area contributed by atoms with Gasteiger partial charge in [-0.05, 0) is 54.1 Å². The Balaban J connectivity index is 1.94. The van der Waals surface area contributed by atoms with Crippen LogP contribution in [-0.4, -0.2) is 5.91 Å². The van der Waals surface area contributed by atoms with Gasteiger partial charge in [-0.3, -0.25) is 4.79 Å². The molecule has 0 radical (unpaired) electrons. The average molecular weight is 374 g/mol. The van der Waals surface area contributed by atoms with E-state index < -0.39 is 0 Å². The van der Waals surface area contributed by atoms with Crippen molar-refractivity contribution < 1.29 is 13.6 Å². The molecular weight excluding hydrogens is 361 g/mol. The van der Waals surface area contributed by atoms with Gasteiger partial charge in [0.15, 0.2) is 5.76 Å². The molecule has 1 aromatic heterocycles. The van der Waals surface area contributed by atoms with E-state index >= 15 is 0 Å². The zero-order valence-electron chi connectivity index (χ0n) is 12.1. The highest BCUT2D eigenvalue weighted by Gasteiger charge is 2.20. The molecule has 1 heterocycles. The number of rotatable bonds is 4. The second-order valence-electron chi connectivity index (χ2n) is 4.97. The lowest BCUT2D eigenvalue weighted by atomic mass is 10.2. The monoisotopic (exact) mass is 373 g/mol. The lowest BCUT2D eigenvalue weighted by Gasteiger charge is -2.22. The van der Waals surface area contributed by atoms with E-state index in [0.29, 0.717) is 12.2 Å². The molecule has 3 aromatic rings. The Kier molecular flexibility index (Phi) is 4.57. The van der Waals surface area contributed by atoms with Gasteiger partial charge in [0.05, 0.1) is 12.8 Å². The van der Waals surface area contributed by atoms with E-state index in [9.17, 15) is 9.18 Å². The molecule has 0 aliphatic carbocycles. The van der Waals surface area contributed by atoms with Crippen LogP contribution in [0.1, 0.15) is 16.1 Å². The Morgan fingerprint density at radius 1 is 1.04 bits per heavy atom. The number of anilines is 1. The van der Waals surface area contributed by atoms with E-state index in [0.717, 1.165) is 10.0 Å². The molecule has 5 heteroatoms. The minimum absolute atomic E-state index is 0.242. The highest BCUT2D eigenvalue weighted by molar-refractivity contribution is 9.10. The van der Waals surface area contributed by atoms with E-state index in [2.05, 4.69) is 15.9 Å². The maximum Gasteiger partial charge on any atom is 0.294 e. The smallest absolute Gasteiger partial charge is 0.294 e. The third-order valence-corrected chi connectivity index (χ3v) is 3.90. The summed E-state index contributed by atoms with van der Waals surface area (Å²) >= 11 is 3.39. The molecule has 0 spiro atoms. The molecule has 0 aliphatic heterocycles. The number of hydrogen-bond acceptors (Lipinski definition) is 2. The summed E-state index contributed by atoms with van der Waals surface area (Å²) in [6.07, 6.45) is 1.45. The molecule has 0 N–H and O–H groups in total. The first-order valence-corrected chi connectivity index (χ1v) is 7.78. The van der Waals surface area contributed by atoms with Crippen LogP contribution >= 0.6 is 15.9 Å². The zero-order chi connectivity index (χ0) is 16.2. The van der Waals surface area contributed by atoms with Crippen LogP contribution in [0.3, 0.4) is 0 Å². The number of nitrogens with zero attached hydrogens (tertiary/aromatic N) is 1. The van der Waals surface area contributed by atoms with Crippen molar-refractivity contribution in [3.63, 3.8) is 0 Å². The third-order valence-electron chi connectivity index (χ3n) is 3.37. The van der Waals surface area contributed by atoms with Gasteiger partial charge in [-0.15, -0.1) is 0 Å². The van der Waals surface area contributed by atoms with Crippen molar-refractivity contribution >= 4 is 27.5 Å². The summed E-state index contributed by atoms with van der Waals surface area (Å²) in [5.41, 5.74) is 1.56. The van der Waals surface area contributed by atoms with Crippen LogP contribution in [0.4, 0.5) is 10.1 Å². The van der Waals surface area contributed by atoms with Crippen molar-refractivity contribution in [3.05, 3.63) is 88.5 Å². The summed E-state index contributed by atoms with van der Waals surface area (Å²) in [6, 6.07) is 16.8. The van der Waals surface area contributed by atoms with Gasteiger partial charge in [-0.2, -0.15) is 0 Å². The molecule has 0 aliphatic rings. The molecule has 0 atom stereocenters. The van der Waals surface area contributed by atoms with Crippen LogP contribution in [0.5, 0.6) is 0 Å². The molecule has 0 bridgehead atoms. The Labute approximate surface area is 141 Å². The van der Waals surface area contributed by atoms with Crippen molar-refractivity contribution in [3.8, 4) is 0 Å². The zero-order valence-corrected chi connectivity index (χ0v) is 13.7. The Hall–Kier alpha value is -2.40. The van der Waals surface area contributed by atoms with E-state index in [1.807, 2.05) is 24.3 Å². The molecule has 0 fully saturated rings. The number of carbonyl (C=O) groups excluding carboxylic acids is 1. The largest absolute Gasteiger partial charge is 0.459 e. The van der Waals surface area contributed by atoms with E-state index in [4.69, 9.17) is 4.42 Å². The molecule has 23 heavy (non-hydrogen) atoms. The van der Waals surface area contributed by atoms with Gasteiger partial charge in [0.1, 0.15) is 5.82 Å². The van der Waals surface area contributed by atoms with Crippen LogP contribution < -0.4 is 4.90 Å². The topological polar surface area (TPSA) is 33.5 Å². The predicted octanol–water partition coefficient (Wildman–Crippen LogP) is 5.03.